The minimum Gasteiger partial charge on any atom is -0.327 e. The second-order valence-electron chi connectivity index (χ2n) is 4.99. The van der Waals surface area contributed by atoms with Gasteiger partial charge < -0.3 is 4.57 Å². The number of hydrogen-bond acceptors (Lipinski definition) is 2. The first-order valence-electron chi connectivity index (χ1n) is 6.49. The summed E-state index contributed by atoms with van der Waals surface area (Å²) in [5.74, 6) is 0. The number of aromatic nitrogens is 4. The fraction of sp³-hybridized carbons (Fsp3) is 0.200. The van der Waals surface area contributed by atoms with Crippen LogP contribution in [0.5, 0.6) is 0 Å². The summed E-state index contributed by atoms with van der Waals surface area (Å²) in [6.45, 7) is 2.22. The third-order valence-electron chi connectivity index (χ3n) is 3.78. The van der Waals surface area contributed by atoms with Crippen molar-refractivity contribution >= 4 is 0 Å². The molecule has 0 saturated heterocycles. The van der Waals surface area contributed by atoms with Crippen LogP contribution in [0, 0.1) is 0 Å². The molecule has 0 bridgehead atoms. The van der Waals surface area contributed by atoms with Gasteiger partial charge in [0.25, 0.3) is 0 Å². The SMILES string of the molecule is CC1Cc2c(cnn2-c2ccccc2)-c2cncn21. The van der Waals surface area contributed by atoms with E-state index < -0.39 is 0 Å². The fourth-order valence-corrected chi connectivity index (χ4v) is 2.82. The van der Waals surface area contributed by atoms with Crippen LogP contribution in [0.4, 0.5) is 0 Å². The number of benzene rings is 1. The van der Waals surface area contributed by atoms with Crippen LogP contribution in [0.1, 0.15) is 18.7 Å². The predicted molar refractivity (Wildman–Crippen MR) is 73.2 cm³/mol. The Morgan fingerprint density at radius 3 is 2.84 bits per heavy atom. The van der Waals surface area contributed by atoms with Crippen molar-refractivity contribution in [2.75, 3.05) is 0 Å². The van der Waals surface area contributed by atoms with E-state index in [-0.39, 0.29) is 0 Å². The number of rotatable bonds is 1. The van der Waals surface area contributed by atoms with Crippen LogP contribution in [0.15, 0.2) is 49.1 Å². The lowest BCUT2D eigenvalue weighted by atomic mass is 10.0. The highest BCUT2D eigenvalue weighted by molar-refractivity contribution is 5.64. The highest BCUT2D eigenvalue weighted by Gasteiger charge is 2.25. The molecule has 1 aliphatic heterocycles. The lowest BCUT2D eigenvalue weighted by Crippen LogP contribution is -2.16. The first-order valence-corrected chi connectivity index (χ1v) is 6.49. The normalized spacial score (nSPS) is 17.0. The molecule has 0 fully saturated rings. The molecular weight excluding hydrogens is 236 g/mol. The maximum absolute atomic E-state index is 4.56. The van der Waals surface area contributed by atoms with Gasteiger partial charge in [0.15, 0.2) is 0 Å². The van der Waals surface area contributed by atoms with Gasteiger partial charge in [-0.25, -0.2) is 9.67 Å². The molecule has 2 aromatic heterocycles. The Balaban J connectivity index is 1.93. The van der Waals surface area contributed by atoms with Gasteiger partial charge in [-0.05, 0) is 19.1 Å². The number of para-hydroxylation sites is 1. The molecule has 1 atom stereocenters. The summed E-state index contributed by atoms with van der Waals surface area (Å²) in [4.78, 5) is 4.26. The van der Waals surface area contributed by atoms with Gasteiger partial charge in [0.05, 0.1) is 35.8 Å². The molecule has 19 heavy (non-hydrogen) atoms. The standard InChI is InChI=1S/C15H14N4/c1-11-7-14-13(15-9-16-10-18(11)15)8-17-19(14)12-5-3-2-4-6-12/h2-6,8-11H,7H2,1H3. The summed E-state index contributed by atoms with van der Waals surface area (Å²) < 4.78 is 4.27. The Kier molecular flexibility index (Phi) is 2.12. The molecule has 1 aliphatic rings. The number of hydrogen-bond donors (Lipinski definition) is 0. The monoisotopic (exact) mass is 250 g/mol. The van der Waals surface area contributed by atoms with Gasteiger partial charge in [-0.1, -0.05) is 18.2 Å². The largest absolute Gasteiger partial charge is 0.327 e. The highest BCUT2D eigenvalue weighted by atomic mass is 15.3. The Hall–Kier alpha value is -2.36. The number of fused-ring (bicyclic) bond motifs is 3. The summed E-state index contributed by atoms with van der Waals surface area (Å²) in [5.41, 5.74) is 4.74. The van der Waals surface area contributed by atoms with Crippen molar-refractivity contribution in [2.24, 2.45) is 0 Å². The van der Waals surface area contributed by atoms with Crippen LogP contribution >= 0.6 is 0 Å². The number of imidazole rings is 1. The minimum atomic E-state index is 0.421. The first-order chi connectivity index (χ1) is 9.34. The quantitative estimate of drug-likeness (QED) is 0.665. The average Bonchev–Trinajstić information content (AvgIpc) is 3.05. The summed E-state index contributed by atoms with van der Waals surface area (Å²) in [6, 6.07) is 10.7. The molecule has 0 saturated carbocycles. The number of nitrogens with zero attached hydrogens (tertiary/aromatic N) is 4. The van der Waals surface area contributed by atoms with E-state index >= 15 is 0 Å². The van der Waals surface area contributed by atoms with Gasteiger partial charge in [0, 0.05) is 18.0 Å². The first kappa shape index (κ1) is 10.6. The van der Waals surface area contributed by atoms with Gasteiger partial charge in [-0.15, -0.1) is 0 Å². The Morgan fingerprint density at radius 2 is 2.00 bits per heavy atom. The second kappa shape index (κ2) is 3.82. The molecule has 0 amide bonds. The molecule has 4 heteroatoms. The Bertz CT molecular complexity index is 724. The van der Waals surface area contributed by atoms with Crippen LogP contribution in [-0.4, -0.2) is 19.3 Å². The van der Waals surface area contributed by atoms with Crippen molar-refractivity contribution in [2.45, 2.75) is 19.4 Å². The molecule has 0 radical (unpaired) electrons. The van der Waals surface area contributed by atoms with Crippen LogP contribution < -0.4 is 0 Å². The van der Waals surface area contributed by atoms with E-state index in [1.807, 2.05) is 41.6 Å². The highest BCUT2D eigenvalue weighted by Crippen LogP contribution is 2.34. The van der Waals surface area contributed by atoms with Gasteiger partial charge in [-0.3, -0.25) is 0 Å². The Labute approximate surface area is 111 Å². The van der Waals surface area contributed by atoms with Crippen molar-refractivity contribution in [3.8, 4) is 16.9 Å². The average molecular weight is 250 g/mol. The van der Waals surface area contributed by atoms with Crippen LogP contribution in [0.2, 0.25) is 0 Å². The third kappa shape index (κ3) is 1.46. The van der Waals surface area contributed by atoms with Crippen molar-refractivity contribution in [1.82, 2.24) is 19.3 Å². The fourth-order valence-electron chi connectivity index (χ4n) is 2.82. The van der Waals surface area contributed by atoms with E-state index in [4.69, 9.17) is 0 Å². The molecule has 4 nitrogen and oxygen atoms in total. The van der Waals surface area contributed by atoms with Crippen LogP contribution in [0.25, 0.3) is 16.9 Å². The summed E-state index contributed by atoms with van der Waals surface area (Å²) >= 11 is 0. The van der Waals surface area contributed by atoms with E-state index in [1.54, 1.807) is 0 Å². The van der Waals surface area contributed by atoms with Gasteiger partial charge in [-0.2, -0.15) is 5.10 Å². The van der Waals surface area contributed by atoms with Crippen LogP contribution in [0.3, 0.4) is 0 Å². The summed E-state index contributed by atoms with van der Waals surface area (Å²) in [7, 11) is 0. The van der Waals surface area contributed by atoms with E-state index in [1.165, 1.54) is 11.3 Å². The molecule has 94 valence electrons. The summed E-state index contributed by atoms with van der Waals surface area (Å²) in [5, 5.41) is 4.56. The molecule has 3 aromatic rings. The van der Waals surface area contributed by atoms with Gasteiger partial charge >= 0.3 is 0 Å². The lowest BCUT2D eigenvalue weighted by Gasteiger charge is -2.23. The lowest BCUT2D eigenvalue weighted by molar-refractivity contribution is 0.522. The van der Waals surface area contributed by atoms with E-state index in [0.29, 0.717) is 6.04 Å². The maximum Gasteiger partial charge on any atom is 0.0953 e. The predicted octanol–water partition coefficient (Wildman–Crippen LogP) is 2.85. The zero-order valence-electron chi connectivity index (χ0n) is 10.7. The van der Waals surface area contributed by atoms with E-state index in [2.05, 4.69) is 33.7 Å². The minimum absolute atomic E-state index is 0.421. The second-order valence-corrected chi connectivity index (χ2v) is 4.99. The van der Waals surface area contributed by atoms with Crippen LogP contribution in [-0.2, 0) is 6.42 Å². The third-order valence-corrected chi connectivity index (χ3v) is 3.78. The van der Waals surface area contributed by atoms with Crippen molar-refractivity contribution < 1.29 is 0 Å². The molecule has 1 unspecified atom stereocenters. The van der Waals surface area contributed by atoms with Crippen molar-refractivity contribution in [3.63, 3.8) is 0 Å². The van der Waals surface area contributed by atoms with Crippen molar-refractivity contribution in [3.05, 3.63) is 54.7 Å². The summed E-state index contributed by atoms with van der Waals surface area (Å²) in [6.07, 6.45) is 6.75. The smallest absolute Gasteiger partial charge is 0.0953 e. The van der Waals surface area contributed by atoms with Gasteiger partial charge in [0.1, 0.15) is 0 Å². The van der Waals surface area contributed by atoms with Gasteiger partial charge in [0.2, 0.25) is 0 Å². The topological polar surface area (TPSA) is 35.6 Å². The molecular formula is C15H14N4. The molecule has 3 heterocycles. The zero-order chi connectivity index (χ0) is 12.8. The molecule has 1 aromatic carbocycles. The van der Waals surface area contributed by atoms with Crippen molar-refractivity contribution in [1.29, 1.82) is 0 Å². The maximum atomic E-state index is 4.56. The molecule has 0 N–H and O–H groups in total. The van der Waals surface area contributed by atoms with E-state index in [0.717, 1.165) is 17.8 Å². The molecule has 0 aliphatic carbocycles. The Morgan fingerprint density at radius 1 is 1.16 bits per heavy atom. The molecule has 0 spiro atoms. The van der Waals surface area contributed by atoms with E-state index in [9.17, 15) is 0 Å². The zero-order valence-corrected chi connectivity index (χ0v) is 10.7. The molecule has 4 rings (SSSR count).